The average Bonchev–Trinajstić information content (AvgIpc) is 3.27. The third-order valence-corrected chi connectivity index (χ3v) is 6.64. The number of halogens is 3. The van der Waals surface area contributed by atoms with Gasteiger partial charge in [-0.25, -0.2) is 4.79 Å². The van der Waals surface area contributed by atoms with Crippen molar-refractivity contribution in [3.63, 3.8) is 0 Å². The van der Waals surface area contributed by atoms with Gasteiger partial charge >= 0.3 is 12.1 Å². The van der Waals surface area contributed by atoms with Crippen LogP contribution < -0.4 is 5.32 Å². The molecular formula is C23H30F3N3O4. The number of piperidine rings is 1. The summed E-state index contributed by atoms with van der Waals surface area (Å²) in [5, 5.41) is 10.5. The minimum Gasteiger partial charge on any atom is -0.475 e. The maximum Gasteiger partial charge on any atom is 0.490 e. The zero-order valence-corrected chi connectivity index (χ0v) is 18.8. The van der Waals surface area contributed by atoms with Crippen molar-refractivity contribution in [1.29, 1.82) is 0 Å². The molecule has 4 rings (SSSR count). The Morgan fingerprint density at radius 1 is 1.15 bits per heavy atom. The van der Waals surface area contributed by atoms with Gasteiger partial charge in [-0.1, -0.05) is 32.0 Å². The highest BCUT2D eigenvalue weighted by Crippen LogP contribution is 2.44. The number of aliphatic carboxylic acids is 1. The fourth-order valence-electron chi connectivity index (χ4n) is 5.17. The second-order valence-corrected chi connectivity index (χ2v) is 9.43. The summed E-state index contributed by atoms with van der Waals surface area (Å²) in [5.41, 5.74) is 0.641. The molecule has 10 heteroatoms. The summed E-state index contributed by atoms with van der Waals surface area (Å²) in [6.07, 6.45) is -3.35. The van der Waals surface area contributed by atoms with E-state index in [0.29, 0.717) is 11.8 Å². The molecule has 0 bridgehead atoms. The number of likely N-dealkylation sites (tertiary alicyclic amines) is 2. The Hall–Kier alpha value is -2.62. The summed E-state index contributed by atoms with van der Waals surface area (Å²) in [7, 11) is 0. The molecule has 3 aliphatic heterocycles. The summed E-state index contributed by atoms with van der Waals surface area (Å²) in [6, 6.07) is 9.49. The molecule has 3 fully saturated rings. The number of nitrogens with zero attached hydrogens (tertiary/aromatic N) is 2. The highest BCUT2D eigenvalue weighted by molar-refractivity contribution is 5.94. The number of rotatable bonds is 3. The highest BCUT2D eigenvalue weighted by Gasteiger charge is 2.57. The molecule has 3 aliphatic rings. The van der Waals surface area contributed by atoms with Crippen LogP contribution in [-0.4, -0.2) is 77.1 Å². The van der Waals surface area contributed by atoms with Crippen LogP contribution in [0.3, 0.4) is 0 Å². The topological polar surface area (TPSA) is 90.0 Å². The summed E-state index contributed by atoms with van der Waals surface area (Å²) in [6.45, 7) is 8.88. The van der Waals surface area contributed by atoms with Gasteiger partial charge in [0.05, 0.1) is 5.92 Å². The number of hydrogen-bond donors (Lipinski definition) is 2. The van der Waals surface area contributed by atoms with E-state index in [1.54, 1.807) is 0 Å². The molecule has 0 saturated carbocycles. The maximum absolute atomic E-state index is 12.7. The van der Waals surface area contributed by atoms with Crippen LogP contribution in [0.2, 0.25) is 0 Å². The molecule has 3 heterocycles. The minimum absolute atomic E-state index is 0.106. The third-order valence-electron chi connectivity index (χ3n) is 6.64. The van der Waals surface area contributed by atoms with Gasteiger partial charge in [-0.3, -0.25) is 9.59 Å². The monoisotopic (exact) mass is 469 g/mol. The molecule has 2 atom stereocenters. The van der Waals surface area contributed by atoms with Gasteiger partial charge in [0.2, 0.25) is 5.91 Å². The predicted octanol–water partition coefficient (Wildman–Crippen LogP) is 2.63. The second kappa shape index (κ2) is 9.70. The number of nitrogens with one attached hydrogen (secondary N) is 1. The Morgan fingerprint density at radius 3 is 2.24 bits per heavy atom. The van der Waals surface area contributed by atoms with Crippen LogP contribution in [0.4, 0.5) is 13.2 Å². The van der Waals surface area contributed by atoms with E-state index in [9.17, 15) is 22.8 Å². The van der Waals surface area contributed by atoms with E-state index in [1.165, 1.54) is 0 Å². The van der Waals surface area contributed by atoms with Crippen molar-refractivity contribution in [1.82, 2.24) is 15.1 Å². The number of benzene rings is 1. The summed E-state index contributed by atoms with van der Waals surface area (Å²) in [4.78, 5) is 38.6. The Bertz CT molecular complexity index is 867. The summed E-state index contributed by atoms with van der Waals surface area (Å²) in [5.74, 6) is -1.28. The van der Waals surface area contributed by atoms with Crippen LogP contribution in [0.25, 0.3) is 0 Å². The predicted molar refractivity (Wildman–Crippen MR) is 114 cm³/mol. The van der Waals surface area contributed by atoms with Crippen LogP contribution in [0, 0.1) is 17.8 Å². The first kappa shape index (κ1) is 25.0. The lowest BCUT2D eigenvalue weighted by Crippen LogP contribution is -2.56. The third kappa shape index (κ3) is 5.66. The van der Waals surface area contributed by atoms with E-state index in [0.717, 1.165) is 51.1 Å². The minimum atomic E-state index is -5.08. The van der Waals surface area contributed by atoms with Gasteiger partial charge in [-0.2, -0.15) is 13.2 Å². The molecule has 0 aliphatic carbocycles. The Balaban J connectivity index is 0.000000383. The fraction of sp³-hybridized carbons (Fsp3) is 0.609. The number of carbonyl (C=O) groups excluding carboxylic acids is 2. The molecule has 2 N–H and O–H groups in total. The Morgan fingerprint density at radius 2 is 1.73 bits per heavy atom. The van der Waals surface area contributed by atoms with Gasteiger partial charge in [0, 0.05) is 49.7 Å². The van der Waals surface area contributed by atoms with Crippen molar-refractivity contribution in [3.8, 4) is 0 Å². The van der Waals surface area contributed by atoms with Crippen molar-refractivity contribution in [2.75, 3.05) is 32.7 Å². The van der Waals surface area contributed by atoms with Gasteiger partial charge in [0.1, 0.15) is 0 Å². The van der Waals surface area contributed by atoms with Gasteiger partial charge in [0.25, 0.3) is 5.91 Å². The Labute approximate surface area is 190 Å². The standard InChI is InChI=1S/C21H29N3O2.C2HF3O2/c1-15(2)12-23-13-17-18(14-23)21(22-19(17)25)8-10-24(11-9-21)20(26)16-6-4-3-5-7-16;3-2(4,5)1(6)7/h3-7,15,17-18H,8-14H2,1-2H3,(H,22,25);(H,6,7)/t17-,18+;/m1./s1. The van der Waals surface area contributed by atoms with E-state index >= 15 is 0 Å². The smallest absolute Gasteiger partial charge is 0.475 e. The lowest BCUT2D eigenvalue weighted by atomic mass is 9.75. The van der Waals surface area contributed by atoms with Gasteiger partial charge in [0.15, 0.2) is 0 Å². The van der Waals surface area contributed by atoms with Crippen molar-refractivity contribution < 1.29 is 32.7 Å². The number of fused-ring (bicyclic) bond motifs is 2. The Kier molecular flexibility index (Phi) is 7.36. The fourth-order valence-corrected chi connectivity index (χ4v) is 5.17. The molecule has 182 valence electrons. The van der Waals surface area contributed by atoms with Crippen LogP contribution in [-0.2, 0) is 9.59 Å². The van der Waals surface area contributed by atoms with Crippen molar-refractivity contribution in [2.24, 2.45) is 17.8 Å². The molecule has 33 heavy (non-hydrogen) atoms. The number of carboxylic acids is 1. The number of carboxylic acid groups (broad SMARTS) is 1. The molecule has 2 amide bonds. The van der Waals surface area contributed by atoms with Crippen molar-refractivity contribution in [3.05, 3.63) is 35.9 Å². The summed E-state index contributed by atoms with van der Waals surface area (Å²) >= 11 is 0. The zero-order valence-electron chi connectivity index (χ0n) is 18.8. The molecule has 0 unspecified atom stereocenters. The first-order valence-corrected chi connectivity index (χ1v) is 11.1. The normalized spacial score (nSPS) is 24.3. The van der Waals surface area contributed by atoms with Crippen LogP contribution in [0.5, 0.6) is 0 Å². The molecule has 1 aromatic rings. The molecule has 3 saturated heterocycles. The molecule has 1 aromatic carbocycles. The van der Waals surface area contributed by atoms with Gasteiger partial charge < -0.3 is 20.2 Å². The van der Waals surface area contributed by atoms with E-state index in [2.05, 4.69) is 24.1 Å². The van der Waals surface area contributed by atoms with E-state index in [4.69, 9.17) is 9.90 Å². The average molecular weight is 470 g/mol. The lowest BCUT2D eigenvalue weighted by Gasteiger charge is -2.43. The van der Waals surface area contributed by atoms with Gasteiger partial charge in [-0.15, -0.1) is 0 Å². The molecular weight excluding hydrogens is 439 g/mol. The molecule has 7 nitrogen and oxygen atoms in total. The van der Waals surface area contributed by atoms with E-state index in [1.807, 2.05) is 35.2 Å². The first-order valence-electron chi connectivity index (χ1n) is 11.1. The van der Waals surface area contributed by atoms with Crippen LogP contribution in [0.1, 0.15) is 37.0 Å². The molecule has 1 spiro atoms. The molecule has 0 radical (unpaired) electrons. The number of alkyl halides is 3. The lowest BCUT2D eigenvalue weighted by molar-refractivity contribution is -0.192. The SMILES string of the molecule is CC(C)CN1C[C@H]2C(=O)NC3(CCN(C(=O)c4ccccc4)CC3)[C@H]2C1.O=C(O)C(F)(F)F. The largest absolute Gasteiger partial charge is 0.490 e. The van der Waals surface area contributed by atoms with Gasteiger partial charge in [-0.05, 0) is 30.9 Å². The number of amides is 2. The van der Waals surface area contributed by atoms with Crippen molar-refractivity contribution in [2.45, 2.75) is 38.4 Å². The number of carbonyl (C=O) groups is 3. The maximum atomic E-state index is 12.7. The molecule has 0 aromatic heterocycles. The number of hydrogen-bond acceptors (Lipinski definition) is 4. The highest BCUT2D eigenvalue weighted by atomic mass is 19.4. The van der Waals surface area contributed by atoms with Crippen molar-refractivity contribution >= 4 is 17.8 Å². The van der Waals surface area contributed by atoms with E-state index < -0.39 is 12.1 Å². The van der Waals surface area contributed by atoms with E-state index in [-0.39, 0.29) is 23.3 Å². The first-order chi connectivity index (χ1) is 15.4. The quantitative estimate of drug-likeness (QED) is 0.711. The van der Waals surface area contributed by atoms with Crippen LogP contribution in [0.15, 0.2) is 30.3 Å². The zero-order chi connectivity index (χ0) is 24.4. The van der Waals surface area contributed by atoms with Crippen LogP contribution >= 0.6 is 0 Å². The second-order valence-electron chi connectivity index (χ2n) is 9.43. The summed E-state index contributed by atoms with van der Waals surface area (Å²) < 4.78 is 31.7.